The lowest BCUT2D eigenvalue weighted by molar-refractivity contribution is -0.147. The molecular formula is C14H26N2O3. The summed E-state index contributed by atoms with van der Waals surface area (Å²) in [5, 5.41) is 9.19. The maximum absolute atomic E-state index is 12.4. The van der Waals surface area contributed by atoms with Crippen molar-refractivity contribution in [2.24, 2.45) is 5.92 Å². The fourth-order valence-electron chi connectivity index (χ4n) is 2.63. The van der Waals surface area contributed by atoms with E-state index in [-0.39, 0.29) is 12.1 Å². The molecule has 0 aliphatic heterocycles. The summed E-state index contributed by atoms with van der Waals surface area (Å²) < 4.78 is 0. The molecule has 5 nitrogen and oxygen atoms in total. The average Bonchev–Trinajstić information content (AvgIpc) is 2.36. The van der Waals surface area contributed by atoms with Gasteiger partial charge in [0.05, 0.1) is 0 Å². The minimum Gasteiger partial charge on any atom is -0.480 e. The number of aliphatic carboxylic acids is 1. The van der Waals surface area contributed by atoms with Crippen LogP contribution in [0.2, 0.25) is 0 Å². The monoisotopic (exact) mass is 270 g/mol. The predicted octanol–water partition coefficient (Wildman–Crippen LogP) is 2.41. The smallest absolute Gasteiger partial charge is 0.329 e. The van der Waals surface area contributed by atoms with E-state index in [1.165, 1.54) is 11.3 Å². The van der Waals surface area contributed by atoms with Crippen molar-refractivity contribution < 1.29 is 14.7 Å². The molecule has 2 unspecified atom stereocenters. The molecule has 0 aromatic carbocycles. The summed E-state index contributed by atoms with van der Waals surface area (Å²) in [6, 6.07) is -0.000514. The fourth-order valence-corrected chi connectivity index (χ4v) is 2.63. The van der Waals surface area contributed by atoms with E-state index in [2.05, 4.69) is 6.92 Å². The molecule has 0 radical (unpaired) electrons. The van der Waals surface area contributed by atoms with E-state index < -0.39 is 11.5 Å². The van der Waals surface area contributed by atoms with E-state index in [0.717, 1.165) is 19.3 Å². The largest absolute Gasteiger partial charge is 0.480 e. The highest BCUT2D eigenvalue weighted by atomic mass is 16.4. The zero-order valence-corrected chi connectivity index (χ0v) is 12.6. The van der Waals surface area contributed by atoms with Gasteiger partial charge in [0.25, 0.3) is 0 Å². The maximum atomic E-state index is 12.4. The van der Waals surface area contributed by atoms with Crippen molar-refractivity contribution >= 4 is 12.0 Å². The van der Waals surface area contributed by atoms with Crippen molar-refractivity contribution in [3.05, 3.63) is 0 Å². The van der Waals surface area contributed by atoms with Gasteiger partial charge in [-0.05, 0) is 32.6 Å². The Kier molecular flexibility index (Phi) is 4.82. The SMILES string of the molecule is CC1CCCCC1N(C)C(=O)N(C)C(C)(C)C(=O)O. The quantitative estimate of drug-likeness (QED) is 0.856. The molecule has 1 N–H and O–H groups in total. The van der Waals surface area contributed by atoms with Crippen LogP contribution in [0.25, 0.3) is 0 Å². The van der Waals surface area contributed by atoms with Gasteiger partial charge in [-0.1, -0.05) is 19.8 Å². The van der Waals surface area contributed by atoms with Gasteiger partial charge in [0.2, 0.25) is 0 Å². The minimum atomic E-state index is -1.19. The maximum Gasteiger partial charge on any atom is 0.329 e. The molecule has 0 heterocycles. The van der Waals surface area contributed by atoms with E-state index in [1.807, 2.05) is 0 Å². The number of carbonyl (C=O) groups excluding carboxylic acids is 1. The number of carboxylic acids is 1. The predicted molar refractivity (Wildman–Crippen MR) is 74.1 cm³/mol. The number of rotatable bonds is 3. The summed E-state index contributed by atoms with van der Waals surface area (Å²) in [6.45, 7) is 5.26. The number of hydrogen-bond donors (Lipinski definition) is 1. The van der Waals surface area contributed by atoms with Crippen LogP contribution in [0, 0.1) is 5.92 Å². The summed E-state index contributed by atoms with van der Waals surface area (Å²) in [5.41, 5.74) is -1.19. The summed E-state index contributed by atoms with van der Waals surface area (Å²) in [7, 11) is 3.34. The van der Waals surface area contributed by atoms with E-state index in [9.17, 15) is 14.7 Å². The third kappa shape index (κ3) is 3.19. The molecule has 1 fully saturated rings. The first-order chi connectivity index (χ1) is 8.69. The van der Waals surface area contributed by atoms with Crippen molar-refractivity contribution in [3.8, 4) is 0 Å². The molecule has 0 aromatic rings. The number of likely N-dealkylation sites (N-methyl/N-ethyl adjacent to an activating group) is 1. The van der Waals surface area contributed by atoms with Crippen LogP contribution in [0.3, 0.4) is 0 Å². The van der Waals surface area contributed by atoms with E-state index in [1.54, 1.807) is 32.8 Å². The number of nitrogens with zero attached hydrogens (tertiary/aromatic N) is 2. The van der Waals surface area contributed by atoms with E-state index in [4.69, 9.17) is 0 Å². The first-order valence-electron chi connectivity index (χ1n) is 6.93. The van der Waals surface area contributed by atoms with Gasteiger partial charge < -0.3 is 14.9 Å². The van der Waals surface area contributed by atoms with Crippen LogP contribution in [0.1, 0.15) is 46.5 Å². The Morgan fingerprint density at radius 2 is 1.68 bits per heavy atom. The van der Waals surface area contributed by atoms with Crippen LogP contribution in [0.15, 0.2) is 0 Å². The summed E-state index contributed by atoms with van der Waals surface area (Å²) >= 11 is 0. The zero-order chi connectivity index (χ0) is 14.8. The molecule has 2 amide bonds. The second kappa shape index (κ2) is 5.80. The highest BCUT2D eigenvalue weighted by Crippen LogP contribution is 2.28. The normalized spacial score (nSPS) is 23.8. The van der Waals surface area contributed by atoms with E-state index >= 15 is 0 Å². The van der Waals surface area contributed by atoms with Crippen molar-refractivity contribution in [2.45, 2.75) is 58.0 Å². The van der Waals surface area contributed by atoms with Crippen LogP contribution in [-0.2, 0) is 4.79 Å². The molecule has 2 atom stereocenters. The average molecular weight is 270 g/mol. The van der Waals surface area contributed by atoms with Crippen molar-refractivity contribution in [1.29, 1.82) is 0 Å². The van der Waals surface area contributed by atoms with Gasteiger partial charge in [0.1, 0.15) is 5.54 Å². The Bertz CT molecular complexity index is 355. The molecule has 1 rings (SSSR count). The second-order valence-electron chi connectivity index (χ2n) is 6.15. The Labute approximate surface area is 115 Å². The van der Waals surface area contributed by atoms with Gasteiger partial charge in [-0.15, -0.1) is 0 Å². The Hall–Kier alpha value is -1.26. The molecule has 0 spiro atoms. The van der Waals surface area contributed by atoms with Crippen LogP contribution in [-0.4, -0.2) is 52.6 Å². The van der Waals surface area contributed by atoms with Crippen LogP contribution >= 0.6 is 0 Å². The Morgan fingerprint density at radius 3 is 2.16 bits per heavy atom. The molecular weight excluding hydrogens is 244 g/mol. The van der Waals surface area contributed by atoms with Gasteiger partial charge >= 0.3 is 12.0 Å². The van der Waals surface area contributed by atoms with Gasteiger partial charge in [0.15, 0.2) is 0 Å². The van der Waals surface area contributed by atoms with Crippen molar-refractivity contribution in [2.75, 3.05) is 14.1 Å². The number of carbonyl (C=O) groups is 2. The molecule has 5 heteroatoms. The Balaban J connectivity index is 2.78. The highest BCUT2D eigenvalue weighted by molar-refractivity contribution is 5.85. The van der Waals surface area contributed by atoms with Crippen molar-refractivity contribution in [1.82, 2.24) is 9.80 Å². The number of urea groups is 1. The van der Waals surface area contributed by atoms with E-state index in [0.29, 0.717) is 5.92 Å². The fraction of sp³-hybridized carbons (Fsp3) is 0.857. The van der Waals surface area contributed by atoms with Gasteiger partial charge in [-0.25, -0.2) is 9.59 Å². The minimum absolute atomic E-state index is 0.216. The van der Waals surface area contributed by atoms with Gasteiger partial charge in [-0.2, -0.15) is 0 Å². The standard InChI is InChI=1S/C14H26N2O3/c1-10-8-6-7-9-11(10)15(4)13(19)16(5)14(2,3)12(17)18/h10-11H,6-9H2,1-5H3,(H,17,18). The number of amides is 2. The molecule has 1 aliphatic carbocycles. The summed E-state index contributed by atoms with van der Waals surface area (Å²) in [5.74, 6) is -0.516. The van der Waals surface area contributed by atoms with Crippen LogP contribution in [0.5, 0.6) is 0 Å². The first-order valence-corrected chi connectivity index (χ1v) is 6.93. The summed E-state index contributed by atoms with van der Waals surface area (Å²) in [4.78, 5) is 26.7. The molecule has 110 valence electrons. The van der Waals surface area contributed by atoms with Gasteiger partial charge in [0, 0.05) is 20.1 Å². The summed E-state index contributed by atoms with van der Waals surface area (Å²) in [6.07, 6.45) is 4.49. The van der Waals surface area contributed by atoms with Crippen LogP contribution < -0.4 is 0 Å². The first kappa shape index (κ1) is 15.8. The van der Waals surface area contributed by atoms with Gasteiger partial charge in [-0.3, -0.25) is 0 Å². The van der Waals surface area contributed by atoms with Crippen LogP contribution in [0.4, 0.5) is 4.79 Å². The lowest BCUT2D eigenvalue weighted by atomic mass is 9.85. The second-order valence-corrected chi connectivity index (χ2v) is 6.15. The number of hydrogen-bond acceptors (Lipinski definition) is 2. The lowest BCUT2D eigenvalue weighted by Crippen LogP contribution is -2.57. The topological polar surface area (TPSA) is 60.9 Å². The molecule has 1 aliphatic rings. The zero-order valence-electron chi connectivity index (χ0n) is 12.6. The third-order valence-electron chi connectivity index (χ3n) is 4.51. The highest BCUT2D eigenvalue weighted by Gasteiger charge is 2.38. The Morgan fingerprint density at radius 1 is 1.16 bits per heavy atom. The molecule has 0 aromatic heterocycles. The van der Waals surface area contributed by atoms with Crippen molar-refractivity contribution in [3.63, 3.8) is 0 Å². The molecule has 19 heavy (non-hydrogen) atoms. The molecule has 1 saturated carbocycles. The number of carboxylic acid groups (broad SMARTS) is 1. The third-order valence-corrected chi connectivity index (χ3v) is 4.51. The lowest BCUT2D eigenvalue weighted by Gasteiger charge is -2.41. The molecule has 0 saturated heterocycles. The molecule has 0 bridgehead atoms.